The first-order valence-electron chi connectivity index (χ1n) is 10.4. The number of amides is 3. The molecule has 3 aliphatic heterocycles. The normalized spacial score (nSPS) is 22.7. The Morgan fingerprint density at radius 1 is 1.32 bits per heavy atom. The van der Waals surface area contributed by atoms with Gasteiger partial charge in [-0.1, -0.05) is 11.3 Å². The number of carbonyl (C=O) groups is 4. The van der Waals surface area contributed by atoms with Crippen molar-refractivity contribution in [2.75, 3.05) is 31.1 Å². The maximum absolute atomic E-state index is 13.1. The zero-order valence-corrected chi connectivity index (χ0v) is 17.9. The van der Waals surface area contributed by atoms with E-state index in [9.17, 15) is 19.2 Å². The van der Waals surface area contributed by atoms with Crippen molar-refractivity contribution < 1.29 is 23.9 Å². The first-order chi connectivity index (χ1) is 14.9. The van der Waals surface area contributed by atoms with Gasteiger partial charge in [0.05, 0.1) is 27.8 Å². The molecule has 1 aromatic heterocycles. The van der Waals surface area contributed by atoms with Crippen molar-refractivity contribution in [2.24, 2.45) is 5.41 Å². The lowest BCUT2D eigenvalue weighted by molar-refractivity contribution is -0.147. The first-order valence-corrected chi connectivity index (χ1v) is 11.2. The third-order valence-electron chi connectivity index (χ3n) is 6.28. The van der Waals surface area contributed by atoms with Crippen LogP contribution in [0.25, 0.3) is 10.2 Å². The first kappa shape index (κ1) is 19.9. The Labute approximate surface area is 182 Å². The van der Waals surface area contributed by atoms with Crippen LogP contribution >= 0.6 is 11.3 Å². The maximum atomic E-state index is 13.1. The van der Waals surface area contributed by atoms with Crippen LogP contribution in [-0.4, -0.2) is 65.9 Å². The average Bonchev–Trinajstić information content (AvgIpc) is 3.27. The highest BCUT2D eigenvalue weighted by Gasteiger charge is 2.57. The Morgan fingerprint density at radius 3 is 2.87 bits per heavy atom. The fraction of sp³-hybridized carbons (Fsp3) is 0.476. The summed E-state index contributed by atoms with van der Waals surface area (Å²) in [6, 6.07) is 4.75. The van der Waals surface area contributed by atoms with Gasteiger partial charge in [-0.25, -0.2) is 9.78 Å². The number of anilines is 1. The summed E-state index contributed by atoms with van der Waals surface area (Å²) in [5, 5.41) is 3.15. The topological polar surface area (TPSA) is 109 Å². The second-order valence-corrected chi connectivity index (χ2v) is 9.26. The average molecular weight is 442 g/mol. The largest absolute Gasteiger partial charge is 0.462 e. The highest BCUT2D eigenvalue weighted by molar-refractivity contribution is 7.22. The van der Waals surface area contributed by atoms with Crippen molar-refractivity contribution in [3.05, 3.63) is 23.8 Å². The van der Waals surface area contributed by atoms with Crippen LogP contribution in [0.2, 0.25) is 0 Å². The van der Waals surface area contributed by atoms with Gasteiger partial charge in [0.25, 0.3) is 0 Å². The van der Waals surface area contributed by atoms with E-state index in [4.69, 9.17) is 4.74 Å². The van der Waals surface area contributed by atoms with Crippen LogP contribution in [0.15, 0.2) is 18.2 Å². The molecule has 10 heteroatoms. The number of likely N-dealkylation sites (tertiary alicyclic amines) is 1. The summed E-state index contributed by atoms with van der Waals surface area (Å²) < 4.78 is 5.95. The Balaban J connectivity index is 1.28. The van der Waals surface area contributed by atoms with Crippen LogP contribution in [0, 0.1) is 5.41 Å². The molecule has 1 unspecified atom stereocenters. The van der Waals surface area contributed by atoms with E-state index in [1.54, 1.807) is 24.0 Å². The molecule has 3 aliphatic rings. The number of thiazole rings is 1. The van der Waals surface area contributed by atoms with Gasteiger partial charge in [0.2, 0.25) is 17.7 Å². The van der Waals surface area contributed by atoms with Crippen LogP contribution in [0.3, 0.4) is 0 Å². The number of aromatic nitrogens is 1. The highest BCUT2D eigenvalue weighted by Crippen LogP contribution is 2.45. The number of hydrogen-bond donors (Lipinski definition) is 1. The number of carbonyl (C=O) groups excluding carboxylic acids is 4. The molecule has 4 heterocycles. The number of ether oxygens (including phenoxy) is 1. The van der Waals surface area contributed by atoms with Crippen molar-refractivity contribution in [1.29, 1.82) is 0 Å². The van der Waals surface area contributed by atoms with Crippen LogP contribution in [0.1, 0.15) is 36.5 Å². The summed E-state index contributed by atoms with van der Waals surface area (Å²) in [6.07, 6.45) is 1.34. The number of hydrogen-bond acceptors (Lipinski definition) is 8. The second-order valence-electron chi connectivity index (χ2n) is 8.25. The standard InChI is InChI=1S/C21H22N4O5S/c1-2-30-18(28)12-3-4-13-15(9-12)31-20(22-13)24-10-21(11-24)7-8-25(19(21)29)14-5-6-16(26)23-17(14)27/h3-4,9,14H,2,5-8,10-11H2,1H3,(H,23,26,27). The van der Waals surface area contributed by atoms with Crippen LogP contribution < -0.4 is 10.2 Å². The summed E-state index contributed by atoms with van der Waals surface area (Å²) in [5.74, 6) is -1.02. The van der Waals surface area contributed by atoms with E-state index in [1.165, 1.54) is 11.3 Å². The lowest BCUT2D eigenvalue weighted by atomic mass is 9.78. The van der Waals surface area contributed by atoms with E-state index >= 15 is 0 Å². The Morgan fingerprint density at radius 2 is 2.13 bits per heavy atom. The van der Waals surface area contributed by atoms with Gasteiger partial charge in [0, 0.05) is 26.1 Å². The summed E-state index contributed by atoms with van der Waals surface area (Å²) in [6.45, 7) is 3.74. The molecule has 0 aliphatic carbocycles. The molecule has 5 rings (SSSR count). The molecular formula is C21H22N4O5S. The van der Waals surface area contributed by atoms with Crippen molar-refractivity contribution >= 4 is 50.4 Å². The zero-order valence-electron chi connectivity index (χ0n) is 17.1. The molecule has 31 heavy (non-hydrogen) atoms. The van der Waals surface area contributed by atoms with Gasteiger partial charge in [0.15, 0.2) is 5.13 Å². The maximum Gasteiger partial charge on any atom is 0.338 e. The minimum Gasteiger partial charge on any atom is -0.462 e. The predicted molar refractivity (Wildman–Crippen MR) is 113 cm³/mol. The molecule has 1 atom stereocenters. The lowest BCUT2D eigenvalue weighted by Gasteiger charge is -2.46. The van der Waals surface area contributed by atoms with Gasteiger partial charge in [-0.3, -0.25) is 19.7 Å². The van der Waals surface area contributed by atoms with Crippen molar-refractivity contribution in [1.82, 2.24) is 15.2 Å². The van der Waals surface area contributed by atoms with E-state index < -0.39 is 11.5 Å². The molecule has 3 saturated heterocycles. The minimum absolute atomic E-state index is 0.0102. The van der Waals surface area contributed by atoms with Crippen molar-refractivity contribution in [3.8, 4) is 0 Å². The van der Waals surface area contributed by atoms with Gasteiger partial charge < -0.3 is 14.5 Å². The van der Waals surface area contributed by atoms with Crippen LogP contribution in [-0.2, 0) is 19.1 Å². The quantitative estimate of drug-likeness (QED) is 0.562. The number of imide groups is 1. The smallest absolute Gasteiger partial charge is 0.338 e. The molecule has 9 nitrogen and oxygen atoms in total. The highest BCUT2D eigenvalue weighted by atomic mass is 32.1. The molecule has 1 spiro atoms. The Kier molecular flexibility index (Phi) is 4.69. The second kappa shape index (κ2) is 7.30. The molecule has 0 bridgehead atoms. The van der Waals surface area contributed by atoms with Crippen LogP contribution in [0.4, 0.5) is 5.13 Å². The number of nitrogens with one attached hydrogen (secondary N) is 1. The van der Waals surface area contributed by atoms with Crippen LogP contribution in [0.5, 0.6) is 0 Å². The van der Waals surface area contributed by atoms with Gasteiger partial charge >= 0.3 is 5.97 Å². The van der Waals surface area contributed by atoms with Gasteiger partial charge in [-0.2, -0.15) is 0 Å². The summed E-state index contributed by atoms with van der Waals surface area (Å²) >= 11 is 1.48. The molecule has 3 amide bonds. The van der Waals surface area contributed by atoms with E-state index in [0.29, 0.717) is 44.6 Å². The molecule has 162 valence electrons. The number of rotatable bonds is 4. The SMILES string of the molecule is CCOC(=O)c1ccc2nc(N3CC4(CCN(C5CCC(=O)NC5=O)C4=O)C3)sc2c1. The van der Waals surface area contributed by atoms with Gasteiger partial charge in [0.1, 0.15) is 6.04 Å². The van der Waals surface area contributed by atoms with E-state index in [-0.39, 0.29) is 30.1 Å². The molecule has 1 N–H and O–H groups in total. The molecule has 3 fully saturated rings. The number of piperidine rings is 1. The van der Waals surface area contributed by atoms with Gasteiger partial charge in [-0.15, -0.1) is 0 Å². The monoisotopic (exact) mass is 442 g/mol. The number of nitrogens with zero attached hydrogens (tertiary/aromatic N) is 3. The fourth-order valence-corrected chi connectivity index (χ4v) is 5.63. The van der Waals surface area contributed by atoms with Crippen molar-refractivity contribution in [2.45, 2.75) is 32.2 Å². The summed E-state index contributed by atoms with van der Waals surface area (Å²) in [7, 11) is 0. The fourth-order valence-electron chi connectivity index (χ4n) is 4.63. The number of esters is 1. The van der Waals surface area contributed by atoms with Crippen molar-refractivity contribution in [3.63, 3.8) is 0 Å². The number of benzene rings is 1. The zero-order chi connectivity index (χ0) is 21.8. The summed E-state index contributed by atoms with van der Waals surface area (Å²) in [4.78, 5) is 57.0. The molecule has 0 radical (unpaired) electrons. The van der Waals surface area contributed by atoms with E-state index in [2.05, 4.69) is 15.2 Å². The molecule has 0 saturated carbocycles. The Bertz CT molecular complexity index is 1110. The van der Waals surface area contributed by atoms with E-state index in [0.717, 1.165) is 15.3 Å². The number of fused-ring (bicyclic) bond motifs is 1. The minimum atomic E-state index is -0.553. The molecule has 2 aromatic rings. The molecular weight excluding hydrogens is 420 g/mol. The lowest BCUT2D eigenvalue weighted by Crippen LogP contribution is -2.62. The van der Waals surface area contributed by atoms with Gasteiger partial charge in [-0.05, 0) is 38.0 Å². The van der Waals surface area contributed by atoms with E-state index in [1.807, 2.05) is 6.07 Å². The third kappa shape index (κ3) is 3.25. The summed E-state index contributed by atoms with van der Waals surface area (Å²) in [5.41, 5.74) is 0.808. The third-order valence-corrected chi connectivity index (χ3v) is 7.36. The Hall–Kier alpha value is -3.01. The predicted octanol–water partition coefficient (Wildman–Crippen LogP) is 1.32. The molecule has 1 aromatic carbocycles.